The van der Waals surface area contributed by atoms with Crippen LogP contribution in [0.4, 0.5) is 0 Å². The standard InChI is InChI=1S/C23H23NS/c1-15-17(14-23(2,3)4)10-11-18-19-12-13-24-20(22(19)25-21(15)18)16-8-6-5-7-9-16/h5-13H,14H2,1-4H3. The number of hydrogen-bond acceptors (Lipinski definition) is 2. The van der Waals surface area contributed by atoms with Crippen molar-refractivity contribution in [2.45, 2.75) is 34.1 Å². The van der Waals surface area contributed by atoms with Gasteiger partial charge in [-0.15, -0.1) is 11.3 Å². The lowest BCUT2D eigenvalue weighted by Gasteiger charge is -2.19. The van der Waals surface area contributed by atoms with E-state index in [-0.39, 0.29) is 0 Å². The summed E-state index contributed by atoms with van der Waals surface area (Å²) in [5.41, 5.74) is 5.46. The molecule has 2 heteroatoms. The number of hydrogen-bond donors (Lipinski definition) is 0. The molecule has 0 bridgehead atoms. The van der Waals surface area contributed by atoms with E-state index >= 15 is 0 Å². The van der Waals surface area contributed by atoms with Crippen molar-refractivity contribution in [3.8, 4) is 11.3 Å². The van der Waals surface area contributed by atoms with Crippen LogP contribution in [0.5, 0.6) is 0 Å². The van der Waals surface area contributed by atoms with Crippen molar-refractivity contribution in [3.05, 3.63) is 65.9 Å². The first kappa shape index (κ1) is 16.3. The number of thiophene rings is 1. The van der Waals surface area contributed by atoms with Crippen LogP contribution in [0.3, 0.4) is 0 Å². The maximum Gasteiger partial charge on any atom is 0.0880 e. The molecule has 126 valence electrons. The van der Waals surface area contributed by atoms with Gasteiger partial charge in [0.2, 0.25) is 0 Å². The van der Waals surface area contributed by atoms with Gasteiger partial charge in [-0.2, -0.15) is 0 Å². The molecule has 0 unspecified atom stereocenters. The predicted octanol–water partition coefficient (Wildman–Crippen LogP) is 7.01. The van der Waals surface area contributed by atoms with Gasteiger partial charge in [0.15, 0.2) is 0 Å². The third-order valence-electron chi connectivity index (χ3n) is 4.68. The molecule has 0 fully saturated rings. The second-order valence-corrected chi connectivity index (χ2v) is 8.99. The molecule has 0 radical (unpaired) electrons. The lowest BCUT2D eigenvalue weighted by atomic mass is 9.86. The molecular formula is C23H23NS. The second kappa shape index (κ2) is 5.96. The summed E-state index contributed by atoms with van der Waals surface area (Å²) in [6.07, 6.45) is 3.04. The van der Waals surface area contributed by atoms with Crippen molar-refractivity contribution in [2.75, 3.05) is 0 Å². The zero-order valence-corrected chi connectivity index (χ0v) is 16.1. The van der Waals surface area contributed by atoms with Gasteiger partial charge in [-0.1, -0.05) is 63.2 Å². The number of pyridine rings is 1. The van der Waals surface area contributed by atoms with Gasteiger partial charge in [0.25, 0.3) is 0 Å². The fourth-order valence-corrected chi connectivity index (χ4v) is 4.84. The zero-order chi connectivity index (χ0) is 17.6. The Labute approximate surface area is 153 Å². The molecule has 0 saturated carbocycles. The molecule has 0 N–H and O–H groups in total. The number of aryl methyl sites for hydroxylation is 1. The van der Waals surface area contributed by atoms with Crippen LogP contribution >= 0.6 is 11.3 Å². The Morgan fingerprint density at radius 2 is 1.60 bits per heavy atom. The van der Waals surface area contributed by atoms with Crippen LogP contribution in [-0.2, 0) is 6.42 Å². The highest BCUT2D eigenvalue weighted by Crippen LogP contribution is 2.41. The van der Waals surface area contributed by atoms with Gasteiger partial charge in [0.05, 0.1) is 10.4 Å². The van der Waals surface area contributed by atoms with Crippen LogP contribution in [0.1, 0.15) is 31.9 Å². The minimum atomic E-state index is 0.297. The Hall–Kier alpha value is -2.19. The van der Waals surface area contributed by atoms with Gasteiger partial charge < -0.3 is 0 Å². The van der Waals surface area contributed by atoms with Crippen LogP contribution in [0, 0.1) is 12.3 Å². The van der Waals surface area contributed by atoms with Crippen molar-refractivity contribution in [3.63, 3.8) is 0 Å². The van der Waals surface area contributed by atoms with Crippen molar-refractivity contribution >= 4 is 31.5 Å². The molecular weight excluding hydrogens is 322 g/mol. The average Bonchev–Trinajstić information content (AvgIpc) is 2.96. The van der Waals surface area contributed by atoms with Gasteiger partial charge in [0, 0.05) is 27.2 Å². The predicted molar refractivity (Wildman–Crippen MR) is 110 cm³/mol. The molecule has 0 atom stereocenters. The van der Waals surface area contributed by atoms with Gasteiger partial charge in [0.1, 0.15) is 0 Å². The fourth-order valence-electron chi connectivity index (χ4n) is 3.51. The smallest absolute Gasteiger partial charge is 0.0880 e. The van der Waals surface area contributed by atoms with E-state index in [4.69, 9.17) is 4.98 Å². The largest absolute Gasteiger partial charge is 0.255 e. The Balaban J connectivity index is 1.97. The lowest BCUT2D eigenvalue weighted by Crippen LogP contribution is -2.10. The molecule has 25 heavy (non-hydrogen) atoms. The first-order chi connectivity index (χ1) is 11.9. The van der Waals surface area contributed by atoms with Crippen molar-refractivity contribution in [1.82, 2.24) is 4.98 Å². The molecule has 4 aromatic rings. The van der Waals surface area contributed by atoms with Gasteiger partial charge in [-0.25, -0.2) is 0 Å². The van der Waals surface area contributed by atoms with Crippen LogP contribution in [0.2, 0.25) is 0 Å². The Morgan fingerprint density at radius 1 is 0.880 bits per heavy atom. The third-order valence-corrected chi connectivity index (χ3v) is 6.03. The highest BCUT2D eigenvalue weighted by atomic mass is 32.1. The average molecular weight is 346 g/mol. The molecule has 2 aromatic heterocycles. The molecule has 2 heterocycles. The summed E-state index contributed by atoms with van der Waals surface area (Å²) in [4.78, 5) is 4.69. The molecule has 2 aromatic carbocycles. The minimum Gasteiger partial charge on any atom is -0.255 e. The molecule has 4 rings (SSSR count). The summed E-state index contributed by atoms with van der Waals surface area (Å²) in [6.45, 7) is 9.19. The van der Waals surface area contributed by atoms with Crippen LogP contribution in [0.15, 0.2) is 54.7 Å². The quantitative estimate of drug-likeness (QED) is 0.380. The van der Waals surface area contributed by atoms with Gasteiger partial charge >= 0.3 is 0 Å². The lowest BCUT2D eigenvalue weighted by molar-refractivity contribution is 0.410. The maximum atomic E-state index is 4.69. The molecule has 0 aliphatic heterocycles. The third kappa shape index (κ3) is 2.96. The number of nitrogens with zero attached hydrogens (tertiary/aromatic N) is 1. The summed E-state index contributed by atoms with van der Waals surface area (Å²) in [7, 11) is 0. The van der Waals surface area contributed by atoms with E-state index in [1.807, 2.05) is 17.5 Å². The molecule has 0 amide bonds. The summed E-state index contributed by atoms with van der Waals surface area (Å²) < 4.78 is 2.70. The maximum absolute atomic E-state index is 4.69. The number of aromatic nitrogens is 1. The number of fused-ring (bicyclic) bond motifs is 3. The van der Waals surface area contributed by atoms with Crippen molar-refractivity contribution in [2.24, 2.45) is 5.41 Å². The van der Waals surface area contributed by atoms with Crippen molar-refractivity contribution in [1.29, 1.82) is 0 Å². The Bertz CT molecular complexity index is 1050. The molecule has 0 aliphatic carbocycles. The first-order valence-electron chi connectivity index (χ1n) is 8.79. The molecule has 0 aliphatic rings. The zero-order valence-electron chi connectivity index (χ0n) is 15.3. The topological polar surface area (TPSA) is 12.9 Å². The second-order valence-electron chi connectivity index (χ2n) is 7.97. The Kier molecular flexibility index (Phi) is 3.88. The Morgan fingerprint density at radius 3 is 2.32 bits per heavy atom. The van der Waals surface area contributed by atoms with Crippen molar-refractivity contribution < 1.29 is 0 Å². The fraction of sp³-hybridized carbons (Fsp3) is 0.261. The monoisotopic (exact) mass is 345 g/mol. The minimum absolute atomic E-state index is 0.297. The van der Waals surface area contributed by atoms with Gasteiger partial charge in [-0.05, 0) is 36.0 Å². The summed E-state index contributed by atoms with van der Waals surface area (Å²) >= 11 is 1.89. The van der Waals surface area contributed by atoms with E-state index in [0.29, 0.717) is 5.41 Å². The number of rotatable bonds is 2. The van der Waals surface area contributed by atoms with E-state index < -0.39 is 0 Å². The van der Waals surface area contributed by atoms with E-state index in [0.717, 1.165) is 12.1 Å². The van der Waals surface area contributed by atoms with Crippen LogP contribution in [0.25, 0.3) is 31.4 Å². The molecule has 1 nitrogen and oxygen atoms in total. The van der Waals surface area contributed by atoms with Crippen LogP contribution < -0.4 is 0 Å². The first-order valence-corrected chi connectivity index (χ1v) is 9.61. The van der Waals surface area contributed by atoms with E-state index in [2.05, 4.69) is 76.2 Å². The highest BCUT2D eigenvalue weighted by Gasteiger charge is 2.17. The van der Waals surface area contributed by atoms with E-state index in [1.54, 1.807) is 0 Å². The van der Waals surface area contributed by atoms with Crippen LogP contribution in [-0.4, -0.2) is 4.98 Å². The van der Waals surface area contributed by atoms with E-state index in [9.17, 15) is 0 Å². The van der Waals surface area contributed by atoms with E-state index in [1.165, 1.54) is 36.9 Å². The summed E-state index contributed by atoms with van der Waals surface area (Å²) in [6, 6.07) is 17.3. The molecule has 0 spiro atoms. The molecule has 0 saturated heterocycles. The summed E-state index contributed by atoms with van der Waals surface area (Å²) in [5, 5.41) is 2.68. The number of benzene rings is 2. The summed E-state index contributed by atoms with van der Waals surface area (Å²) in [5.74, 6) is 0. The SMILES string of the molecule is Cc1c(CC(C)(C)C)ccc2c1sc1c(-c3ccccc3)nccc12. The highest BCUT2D eigenvalue weighted by molar-refractivity contribution is 7.26. The van der Waals surface area contributed by atoms with Gasteiger partial charge in [-0.3, -0.25) is 4.98 Å². The normalized spacial score (nSPS) is 12.2.